The Hall–Kier alpha value is -2.22. The van der Waals surface area contributed by atoms with E-state index in [2.05, 4.69) is 15.4 Å². The van der Waals surface area contributed by atoms with Crippen molar-refractivity contribution in [2.75, 3.05) is 11.9 Å². The molecule has 0 saturated carbocycles. The number of amides is 2. The van der Waals surface area contributed by atoms with Crippen molar-refractivity contribution in [1.29, 1.82) is 0 Å². The number of aromatic nitrogens is 3. The average molecular weight is 359 g/mol. The van der Waals surface area contributed by atoms with Crippen molar-refractivity contribution in [1.82, 2.24) is 19.7 Å². The molecular formula is C17H21N5O2S. The molecule has 3 heterocycles. The highest BCUT2D eigenvalue weighted by atomic mass is 32.1. The van der Waals surface area contributed by atoms with Crippen LogP contribution in [0.2, 0.25) is 0 Å². The van der Waals surface area contributed by atoms with E-state index in [0.717, 1.165) is 24.1 Å². The molecular weight excluding hydrogens is 338 g/mol. The molecule has 2 aromatic rings. The van der Waals surface area contributed by atoms with E-state index in [1.54, 1.807) is 4.90 Å². The van der Waals surface area contributed by atoms with Crippen LogP contribution in [0, 0.1) is 5.92 Å². The van der Waals surface area contributed by atoms with E-state index in [4.69, 9.17) is 0 Å². The molecule has 0 radical (unpaired) electrons. The first-order valence-corrected chi connectivity index (χ1v) is 9.37. The minimum atomic E-state index is -0.301. The van der Waals surface area contributed by atoms with Gasteiger partial charge >= 0.3 is 0 Å². The van der Waals surface area contributed by atoms with Crippen LogP contribution in [-0.2, 0) is 29.5 Å². The Labute approximate surface area is 150 Å². The lowest BCUT2D eigenvalue weighted by atomic mass is 10.0. The summed E-state index contributed by atoms with van der Waals surface area (Å²) in [5.41, 5.74) is 3.17. The Morgan fingerprint density at radius 3 is 2.92 bits per heavy atom. The number of carbonyl (C=O) groups excluding carboxylic acids is 2. The molecule has 1 saturated heterocycles. The number of hydrogen-bond acceptors (Lipinski definition) is 5. The maximum absolute atomic E-state index is 12.6. The van der Waals surface area contributed by atoms with E-state index in [1.807, 2.05) is 31.8 Å². The third kappa shape index (κ3) is 2.74. The molecule has 2 aromatic heterocycles. The molecule has 1 aliphatic carbocycles. The zero-order chi connectivity index (χ0) is 17.7. The molecule has 0 spiro atoms. The monoisotopic (exact) mass is 359 g/mol. The summed E-state index contributed by atoms with van der Waals surface area (Å²) in [5.74, 6) is -0.368. The minimum Gasteiger partial charge on any atom is -0.339 e. The van der Waals surface area contributed by atoms with Crippen LogP contribution in [0.25, 0.3) is 11.3 Å². The van der Waals surface area contributed by atoms with E-state index in [0.29, 0.717) is 11.7 Å². The van der Waals surface area contributed by atoms with Gasteiger partial charge in [0.15, 0.2) is 5.13 Å². The second-order valence-electron chi connectivity index (χ2n) is 6.95. The van der Waals surface area contributed by atoms with Gasteiger partial charge in [0.2, 0.25) is 11.8 Å². The number of likely N-dealkylation sites (tertiary alicyclic amines) is 1. The van der Waals surface area contributed by atoms with E-state index in [-0.39, 0.29) is 30.2 Å². The molecule has 1 aliphatic heterocycles. The number of thiazole rings is 1. The first-order valence-electron chi connectivity index (χ1n) is 8.55. The van der Waals surface area contributed by atoms with Gasteiger partial charge in [0, 0.05) is 42.2 Å². The van der Waals surface area contributed by atoms with E-state index < -0.39 is 0 Å². The number of anilines is 1. The third-order valence-corrected chi connectivity index (χ3v) is 6.02. The van der Waals surface area contributed by atoms with Gasteiger partial charge in [0.1, 0.15) is 0 Å². The van der Waals surface area contributed by atoms with Gasteiger partial charge in [-0.15, -0.1) is 11.3 Å². The Bertz CT molecular complexity index is 853. The lowest BCUT2D eigenvalue weighted by Gasteiger charge is -2.20. The SMILES string of the molecule is CC(C)N1CC(C(=O)Nc2nc3c(s2)CCc2c-3cnn2C)CC1=O. The highest BCUT2D eigenvalue weighted by molar-refractivity contribution is 7.16. The fraction of sp³-hybridized carbons (Fsp3) is 0.529. The summed E-state index contributed by atoms with van der Waals surface area (Å²) in [4.78, 5) is 32.1. The van der Waals surface area contributed by atoms with E-state index in [9.17, 15) is 9.59 Å². The van der Waals surface area contributed by atoms with Crippen LogP contribution >= 0.6 is 11.3 Å². The number of hydrogen-bond donors (Lipinski definition) is 1. The average Bonchev–Trinajstić information content (AvgIpc) is 3.23. The number of rotatable bonds is 3. The van der Waals surface area contributed by atoms with E-state index in [1.165, 1.54) is 21.9 Å². The largest absolute Gasteiger partial charge is 0.339 e. The molecule has 8 heteroatoms. The second kappa shape index (κ2) is 5.94. The van der Waals surface area contributed by atoms with Crippen molar-refractivity contribution in [3.8, 4) is 11.3 Å². The lowest BCUT2D eigenvalue weighted by molar-refractivity contribution is -0.129. The quantitative estimate of drug-likeness (QED) is 0.907. The van der Waals surface area contributed by atoms with Crippen LogP contribution in [0.5, 0.6) is 0 Å². The van der Waals surface area contributed by atoms with Gasteiger partial charge in [-0.05, 0) is 26.7 Å². The molecule has 1 N–H and O–H groups in total. The standard InChI is InChI=1S/C17H21N5O2S/c1-9(2)22-8-10(6-14(22)23)16(24)20-17-19-15-11-7-18-21(3)12(11)4-5-13(15)25-17/h7,9-10H,4-6,8H2,1-3H3,(H,19,20,24). The molecule has 132 valence electrons. The summed E-state index contributed by atoms with van der Waals surface area (Å²) in [6.45, 7) is 4.43. The first-order chi connectivity index (χ1) is 11.9. The predicted molar refractivity (Wildman–Crippen MR) is 95.3 cm³/mol. The number of carbonyl (C=O) groups is 2. The van der Waals surface area contributed by atoms with Gasteiger partial charge in [-0.2, -0.15) is 5.10 Å². The van der Waals surface area contributed by atoms with Crippen molar-refractivity contribution in [3.05, 3.63) is 16.8 Å². The van der Waals surface area contributed by atoms with Crippen LogP contribution in [0.15, 0.2) is 6.20 Å². The number of aryl methyl sites for hydroxylation is 2. The number of nitrogens with one attached hydrogen (secondary N) is 1. The topological polar surface area (TPSA) is 80.1 Å². The number of nitrogens with zero attached hydrogens (tertiary/aromatic N) is 4. The highest BCUT2D eigenvalue weighted by Crippen LogP contribution is 2.38. The summed E-state index contributed by atoms with van der Waals surface area (Å²) in [6, 6.07) is 0.126. The van der Waals surface area contributed by atoms with Gasteiger partial charge in [-0.1, -0.05) is 0 Å². The normalized spacial score (nSPS) is 19.3. The van der Waals surface area contributed by atoms with E-state index >= 15 is 0 Å². The second-order valence-corrected chi connectivity index (χ2v) is 8.03. The minimum absolute atomic E-state index is 0.0496. The molecule has 2 aliphatic rings. The Morgan fingerprint density at radius 2 is 2.20 bits per heavy atom. The Kier molecular flexibility index (Phi) is 3.87. The summed E-state index contributed by atoms with van der Waals surface area (Å²) in [6.07, 6.45) is 3.98. The zero-order valence-corrected chi connectivity index (χ0v) is 15.4. The van der Waals surface area contributed by atoms with Crippen molar-refractivity contribution in [2.45, 2.75) is 39.2 Å². The summed E-state index contributed by atoms with van der Waals surface area (Å²) >= 11 is 1.52. The molecule has 0 aromatic carbocycles. The zero-order valence-electron chi connectivity index (χ0n) is 14.6. The van der Waals surface area contributed by atoms with Crippen molar-refractivity contribution in [2.24, 2.45) is 13.0 Å². The predicted octanol–water partition coefficient (Wildman–Crippen LogP) is 1.84. The van der Waals surface area contributed by atoms with Gasteiger partial charge in [0.25, 0.3) is 0 Å². The van der Waals surface area contributed by atoms with Gasteiger partial charge in [-0.3, -0.25) is 14.3 Å². The summed E-state index contributed by atoms with van der Waals surface area (Å²) in [7, 11) is 1.94. The first kappa shape index (κ1) is 16.3. The van der Waals surface area contributed by atoms with Crippen LogP contribution in [-0.4, -0.2) is 44.1 Å². The summed E-state index contributed by atoms with van der Waals surface area (Å²) < 4.78 is 1.89. The maximum atomic E-state index is 12.6. The third-order valence-electron chi connectivity index (χ3n) is 4.99. The van der Waals surface area contributed by atoms with Crippen molar-refractivity contribution < 1.29 is 9.59 Å². The fourth-order valence-electron chi connectivity index (χ4n) is 3.59. The molecule has 25 heavy (non-hydrogen) atoms. The van der Waals surface area contributed by atoms with Crippen LogP contribution in [0.3, 0.4) is 0 Å². The molecule has 2 amide bonds. The number of fused-ring (bicyclic) bond motifs is 3. The molecule has 1 fully saturated rings. The molecule has 4 rings (SSSR count). The molecule has 7 nitrogen and oxygen atoms in total. The van der Waals surface area contributed by atoms with Crippen LogP contribution in [0.1, 0.15) is 30.8 Å². The smallest absolute Gasteiger partial charge is 0.231 e. The maximum Gasteiger partial charge on any atom is 0.231 e. The highest BCUT2D eigenvalue weighted by Gasteiger charge is 2.36. The fourth-order valence-corrected chi connectivity index (χ4v) is 4.57. The summed E-state index contributed by atoms with van der Waals surface area (Å²) in [5, 5.41) is 7.85. The molecule has 1 unspecified atom stereocenters. The molecule has 1 atom stereocenters. The van der Waals surface area contributed by atoms with Crippen molar-refractivity contribution >= 4 is 28.3 Å². The Balaban J connectivity index is 1.51. The van der Waals surface area contributed by atoms with Gasteiger partial charge < -0.3 is 10.2 Å². The van der Waals surface area contributed by atoms with Crippen LogP contribution in [0.4, 0.5) is 5.13 Å². The molecule has 0 bridgehead atoms. The van der Waals surface area contributed by atoms with Gasteiger partial charge in [-0.25, -0.2) is 4.98 Å². The Morgan fingerprint density at radius 1 is 1.40 bits per heavy atom. The van der Waals surface area contributed by atoms with Crippen molar-refractivity contribution in [3.63, 3.8) is 0 Å². The van der Waals surface area contributed by atoms with Crippen LogP contribution < -0.4 is 5.32 Å². The lowest BCUT2D eigenvalue weighted by Crippen LogP contribution is -2.33. The van der Waals surface area contributed by atoms with Gasteiger partial charge in [0.05, 0.1) is 17.8 Å².